The minimum atomic E-state index is -3.78. The van der Waals surface area contributed by atoms with Crippen LogP contribution >= 0.6 is 58.0 Å². The highest BCUT2D eigenvalue weighted by molar-refractivity contribution is 7.52. The summed E-state index contributed by atoms with van der Waals surface area (Å²) in [5.74, 6) is -1.09. The van der Waals surface area contributed by atoms with Crippen molar-refractivity contribution in [3.8, 4) is 17.6 Å². The van der Waals surface area contributed by atoms with E-state index < -0.39 is 111 Å². The summed E-state index contributed by atoms with van der Waals surface area (Å²) in [6.07, 6.45) is -2.09. The van der Waals surface area contributed by atoms with Crippen molar-refractivity contribution >= 4 is 127 Å². The van der Waals surface area contributed by atoms with Gasteiger partial charge in [-0.15, -0.1) is 34.8 Å². The third kappa shape index (κ3) is 17.8. The number of alkyl halides is 3. The fourth-order valence-electron chi connectivity index (χ4n) is 11.8. The summed E-state index contributed by atoms with van der Waals surface area (Å²) in [7, 11) is -11.3. The van der Waals surface area contributed by atoms with Crippen LogP contribution in [0.5, 0.6) is 17.6 Å². The molecule has 0 radical (unpaired) electrons. The van der Waals surface area contributed by atoms with Gasteiger partial charge in [-0.3, -0.25) is 55.2 Å². The first-order valence-electron chi connectivity index (χ1n) is 33.9. The fourth-order valence-corrected chi connectivity index (χ4v) is 18.4. The summed E-state index contributed by atoms with van der Waals surface area (Å²) in [5.41, 5.74) is 19.9. The maximum atomic E-state index is 13.3. The maximum Gasteiger partial charge on any atom is 0.406 e. The van der Waals surface area contributed by atoms with Crippen LogP contribution in [0.2, 0.25) is 0 Å². The van der Waals surface area contributed by atoms with Crippen molar-refractivity contribution in [2.24, 2.45) is 17.8 Å². The Balaban J connectivity index is 0.000000169. The number of hydrogen-bond donors (Lipinski definition) is 6. The van der Waals surface area contributed by atoms with Crippen molar-refractivity contribution in [1.29, 1.82) is 0 Å². The average molecular weight is 1600 g/mol. The van der Waals surface area contributed by atoms with Gasteiger partial charge in [0.25, 0.3) is 0 Å². The van der Waals surface area contributed by atoms with Crippen LogP contribution in [0.15, 0.2) is 19.0 Å². The monoisotopic (exact) mass is 1600 g/mol. The van der Waals surface area contributed by atoms with Crippen molar-refractivity contribution in [2.45, 2.75) is 192 Å². The first kappa shape index (κ1) is 81.5. The van der Waals surface area contributed by atoms with Crippen LogP contribution < -0.4 is 46.7 Å². The molecule has 0 unspecified atom stereocenters. The SMILES string of the molecule is CCOc1nc(N)nc2c1ncn2[C@@H]1O[C@@H]2CO[P@@](=O)(N[C@@H](C)COC(=O)C(C)C)O[C@H]2[C@@]1(C)Cl.CCOc1nc(N)nc2c1ncn2[C@@H]1O[C@@H]2CO[P@@](=O)(N[C@H](C)COC(=O)C(C)C)O[C@H]2[C@@]1(C)Cl.CCOc1nc(N)nc2c1ncn2[C@@H]1O[C@@H]2CO[P@](=O)(N[C@@H](C)COC(=O)C(C)C)O[C@H]2[C@@]1(C)Cl. The van der Waals surface area contributed by atoms with Crippen LogP contribution in [0.25, 0.3) is 33.5 Å². The van der Waals surface area contributed by atoms with Crippen LogP contribution in [0.3, 0.4) is 0 Å². The van der Waals surface area contributed by atoms with Gasteiger partial charge in [0.2, 0.25) is 35.5 Å². The van der Waals surface area contributed by atoms with Crippen molar-refractivity contribution in [1.82, 2.24) is 73.8 Å². The first-order valence-corrected chi connectivity index (χ1v) is 39.6. The van der Waals surface area contributed by atoms with Gasteiger partial charge in [0.15, 0.2) is 52.2 Å². The summed E-state index contributed by atoms with van der Waals surface area (Å²) in [5, 5.41) is 8.38. The molecule has 18 atom stereocenters. The predicted molar refractivity (Wildman–Crippen MR) is 378 cm³/mol. The minimum absolute atomic E-state index is 0.00338. The molecule has 6 aromatic rings. The van der Waals surface area contributed by atoms with Gasteiger partial charge in [-0.1, -0.05) is 41.5 Å². The summed E-state index contributed by atoms with van der Waals surface area (Å²) in [6.45, 7) is 27.2. The van der Waals surface area contributed by atoms with Crippen molar-refractivity contribution < 1.29 is 97.9 Å². The third-order valence-corrected chi connectivity index (χ3v) is 23.3. The van der Waals surface area contributed by atoms with Gasteiger partial charge in [0, 0.05) is 18.1 Å². The number of esters is 3. The Hall–Kier alpha value is -6.06. The van der Waals surface area contributed by atoms with Crippen molar-refractivity contribution in [3.05, 3.63) is 19.0 Å². The number of carbonyl (C=O) groups excluding carboxylic acids is 3. The van der Waals surface area contributed by atoms with Gasteiger partial charge in [-0.25, -0.2) is 43.9 Å². The Kier molecular flexibility index (Phi) is 25.3. The molecule has 105 heavy (non-hydrogen) atoms. The minimum Gasteiger partial charge on any atom is -0.476 e. The van der Waals surface area contributed by atoms with Gasteiger partial charge in [-0.05, 0) is 62.3 Å². The van der Waals surface area contributed by atoms with Crippen LogP contribution in [0, 0.1) is 17.8 Å². The molecule has 6 aliphatic heterocycles. The molecular weight excluding hydrogens is 1510 g/mol. The molecule has 6 aliphatic rings. The molecule has 9 N–H and O–H groups in total. The molecule has 0 saturated carbocycles. The zero-order valence-corrected chi connectivity index (χ0v) is 65.4. The lowest BCUT2D eigenvalue weighted by atomic mass is 10.0. The molecule has 0 spiro atoms. The zero-order valence-electron chi connectivity index (χ0n) is 60.4. The Bertz CT molecular complexity index is 3850. The lowest BCUT2D eigenvalue weighted by Crippen LogP contribution is -2.46. The summed E-state index contributed by atoms with van der Waals surface area (Å²) < 4.78 is 130. The second-order valence-corrected chi connectivity index (χ2v) is 34.5. The molecule has 0 aliphatic carbocycles. The number of ether oxygens (including phenoxy) is 9. The van der Waals surface area contributed by atoms with Crippen molar-refractivity contribution in [3.63, 3.8) is 0 Å². The van der Waals surface area contributed by atoms with Crippen LogP contribution in [0.4, 0.5) is 17.8 Å². The molecule has 6 fully saturated rings. The molecule has 12 heterocycles. The molecule has 39 nitrogen and oxygen atoms in total. The molecule has 0 bridgehead atoms. The van der Waals surface area contributed by atoms with E-state index in [-0.39, 0.29) is 111 Å². The zero-order chi connectivity index (χ0) is 76.6. The standard InChI is InChI=1S/3C20H30ClN6O7P/c3*1-6-30-16-13-15(24-19(22)25-16)27(9-23-13)18-20(5,21)14-12(33-18)8-32-35(29,34-14)26-11(4)7-31-17(28)10(2)3/h3*9-12,14,18H,6-8H2,1-5H3,(H,26,29)(H2,22,24,25)/t11-,12+,14+,18+,20+,35+;11-,12+,14+,18+,20+,35-;11-,12-,14-,18-,20-,35+/m001/s1. The van der Waals surface area contributed by atoms with Crippen LogP contribution in [-0.4, -0.2) is 205 Å². The van der Waals surface area contributed by atoms with Gasteiger partial charge < -0.3 is 59.8 Å². The van der Waals surface area contributed by atoms with Gasteiger partial charge in [-0.2, -0.15) is 29.9 Å². The van der Waals surface area contributed by atoms with Gasteiger partial charge >= 0.3 is 41.1 Å². The number of rotatable bonds is 24. The highest BCUT2D eigenvalue weighted by atomic mass is 35.5. The molecule has 0 aromatic carbocycles. The van der Waals surface area contributed by atoms with E-state index in [0.29, 0.717) is 53.3 Å². The number of fused-ring (bicyclic) bond motifs is 6. The Morgan fingerprint density at radius 2 is 0.724 bits per heavy atom. The van der Waals surface area contributed by atoms with Crippen LogP contribution in [0.1, 0.15) is 123 Å². The highest BCUT2D eigenvalue weighted by Crippen LogP contribution is 2.61. The largest absolute Gasteiger partial charge is 0.476 e. The predicted octanol–water partition coefficient (Wildman–Crippen LogP) is 7.21. The van der Waals surface area contributed by atoms with E-state index in [0.717, 1.165) is 0 Å². The second-order valence-electron chi connectivity index (χ2n) is 26.9. The molecule has 12 rings (SSSR count). The molecular formula is C60H90Cl3N18O21P3. The first-order chi connectivity index (χ1) is 49.3. The number of carbonyl (C=O) groups is 3. The Labute approximate surface area is 619 Å². The van der Waals surface area contributed by atoms with E-state index in [2.05, 4.69) is 60.1 Å². The third-order valence-electron chi connectivity index (χ3n) is 16.8. The number of nitrogens with zero attached hydrogens (tertiary/aromatic N) is 12. The van der Waals surface area contributed by atoms with Gasteiger partial charge in [0.05, 0.1) is 76.4 Å². The average Bonchev–Trinajstić information content (AvgIpc) is 1.59. The van der Waals surface area contributed by atoms with Crippen LogP contribution in [-0.2, 0) is 83.6 Å². The number of nitrogen functional groups attached to an aromatic ring is 3. The lowest BCUT2D eigenvalue weighted by Gasteiger charge is -2.36. The second kappa shape index (κ2) is 32.6. The van der Waals surface area contributed by atoms with E-state index in [4.69, 9.17) is 122 Å². The number of anilines is 3. The number of aromatic nitrogens is 12. The maximum absolute atomic E-state index is 13.3. The highest BCUT2D eigenvalue weighted by Gasteiger charge is 2.63. The van der Waals surface area contributed by atoms with E-state index in [1.807, 2.05) is 20.8 Å². The topological polar surface area (TPSA) is 486 Å². The number of imidazole rings is 3. The number of nitrogens with two attached hydrogens (primary N) is 3. The van der Waals surface area contributed by atoms with E-state index >= 15 is 0 Å². The number of nitrogens with one attached hydrogen (secondary N) is 3. The molecule has 582 valence electrons. The summed E-state index contributed by atoms with van der Waals surface area (Å²) >= 11 is 20.9. The van der Waals surface area contributed by atoms with E-state index in [1.54, 1.807) is 96.8 Å². The number of halogens is 3. The Morgan fingerprint density at radius 3 is 0.952 bits per heavy atom. The molecule has 6 saturated heterocycles. The van der Waals surface area contributed by atoms with Gasteiger partial charge in [0.1, 0.15) is 71.1 Å². The quantitative estimate of drug-likeness (QED) is 0.0151. The smallest absolute Gasteiger partial charge is 0.406 e. The normalized spacial score (nSPS) is 31.5. The Morgan fingerprint density at radius 1 is 0.476 bits per heavy atom. The van der Waals surface area contributed by atoms with E-state index in [1.165, 1.54) is 19.0 Å². The summed E-state index contributed by atoms with van der Waals surface area (Å²) in [4.78, 5) is 69.9. The van der Waals surface area contributed by atoms with Crippen molar-refractivity contribution in [2.75, 3.05) is 76.7 Å². The fraction of sp³-hybridized carbons (Fsp3) is 0.700. The van der Waals surface area contributed by atoms with E-state index in [9.17, 15) is 28.1 Å². The lowest BCUT2D eigenvalue weighted by molar-refractivity contribution is -0.148. The number of hydrogen-bond acceptors (Lipinski definition) is 33. The molecule has 6 aromatic heterocycles. The molecule has 45 heteroatoms. The summed E-state index contributed by atoms with van der Waals surface area (Å²) in [6, 6.07) is -1.47. The molecule has 0 amide bonds.